The van der Waals surface area contributed by atoms with Gasteiger partial charge in [-0.3, -0.25) is 4.79 Å². The first-order valence-electron chi connectivity index (χ1n) is 7.48. The first kappa shape index (κ1) is 13.3. The average molecular weight is 348 g/mol. The summed E-state index contributed by atoms with van der Waals surface area (Å²) in [4.78, 5) is 14.9. The fraction of sp³-hybridized carbons (Fsp3) is 0.438. The molecule has 2 aromatic heterocycles. The van der Waals surface area contributed by atoms with Crippen LogP contribution < -0.4 is 5.32 Å². The fourth-order valence-corrected chi connectivity index (χ4v) is 4.10. The van der Waals surface area contributed by atoms with E-state index in [1.165, 1.54) is 19.5 Å². The largest absolute Gasteiger partial charge is 0.348 e. The minimum Gasteiger partial charge on any atom is -0.348 e. The number of carbonyl (C=O) groups excluding carboxylic acids is 1. The molecule has 4 nitrogen and oxygen atoms in total. The molecule has 2 aliphatic heterocycles. The highest BCUT2D eigenvalue weighted by Gasteiger charge is 2.32. The topological polar surface area (TPSA) is 36.8 Å². The summed E-state index contributed by atoms with van der Waals surface area (Å²) in [5.41, 5.74) is 1.77. The summed E-state index contributed by atoms with van der Waals surface area (Å²) in [6.07, 6.45) is 6.34. The number of rotatable bonds is 2. The van der Waals surface area contributed by atoms with E-state index in [1.807, 2.05) is 35.0 Å². The minimum atomic E-state index is 0.0438. The number of piperidine rings is 1. The van der Waals surface area contributed by atoms with Gasteiger partial charge in [-0.1, -0.05) is 0 Å². The zero-order chi connectivity index (χ0) is 14.4. The van der Waals surface area contributed by atoms with Gasteiger partial charge in [-0.15, -0.1) is 0 Å². The van der Waals surface area contributed by atoms with Crippen LogP contribution in [0.3, 0.4) is 0 Å². The normalized spacial score (nSPS) is 28.0. The summed E-state index contributed by atoms with van der Waals surface area (Å²) >= 11 is 3.46. The molecule has 110 valence electrons. The molecule has 1 N–H and O–H groups in total. The Kier molecular flexibility index (Phi) is 3.27. The third-order valence-corrected chi connectivity index (χ3v) is 5.06. The molecule has 1 unspecified atom stereocenters. The van der Waals surface area contributed by atoms with Crippen molar-refractivity contribution < 1.29 is 4.79 Å². The molecule has 2 fully saturated rings. The van der Waals surface area contributed by atoms with Gasteiger partial charge in [-0.25, -0.2) is 0 Å². The second-order valence-corrected chi connectivity index (χ2v) is 7.14. The van der Waals surface area contributed by atoms with Gasteiger partial charge in [0.15, 0.2) is 0 Å². The van der Waals surface area contributed by atoms with Crippen LogP contribution in [-0.4, -0.2) is 40.9 Å². The molecule has 21 heavy (non-hydrogen) atoms. The molecular weight excluding hydrogens is 330 g/mol. The zero-order valence-corrected chi connectivity index (χ0v) is 13.3. The number of hydrogen-bond donors (Lipinski definition) is 1. The number of pyridine rings is 1. The quantitative estimate of drug-likeness (QED) is 0.906. The summed E-state index contributed by atoms with van der Waals surface area (Å²) in [5, 5.41) is 3.21. The Hall–Kier alpha value is -1.33. The minimum absolute atomic E-state index is 0.0438. The Morgan fingerprint density at radius 1 is 1.33 bits per heavy atom. The van der Waals surface area contributed by atoms with Gasteiger partial charge in [0.25, 0.3) is 5.91 Å². The van der Waals surface area contributed by atoms with Gasteiger partial charge in [0.05, 0.1) is 0 Å². The Bertz CT molecular complexity index is 684. The van der Waals surface area contributed by atoms with Crippen molar-refractivity contribution in [1.82, 2.24) is 14.6 Å². The molecule has 2 bridgehead atoms. The lowest BCUT2D eigenvalue weighted by molar-refractivity contribution is 0.0909. The molecule has 0 spiro atoms. The molecule has 5 heteroatoms. The Morgan fingerprint density at radius 2 is 2.24 bits per heavy atom. The van der Waals surface area contributed by atoms with Crippen molar-refractivity contribution >= 4 is 27.4 Å². The third kappa shape index (κ3) is 2.60. The van der Waals surface area contributed by atoms with Crippen LogP contribution in [0.25, 0.3) is 5.52 Å². The van der Waals surface area contributed by atoms with Crippen LogP contribution in [0.2, 0.25) is 0 Å². The van der Waals surface area contributed by atoms with Crippen LogP contribution in [0, 0.1) is 5.92 Å². The van der Waals surface area contributed by atoms with Crippen molar-refractivity contribution in [2.45, 2.75) is 18.9 Å². The lowest BCUT2D eigenvalue weighted by Crippen LogP contribution is -2.47. The van der Waals surface area contributed by atoms with Crippen molar-refractivity contribution in [1.29, 1.82) is 0 Å². The maximum atomic E-state index is 12.4. The molecule has 3 atom stereocenters. The van der Waals surface area contributed by atoms with Gasteiger partial charge >= 0.3 is 0 Å². The summed E-state index contributed by atoms with van der Waals surface area (Å²) in [6.45, 7) is 3.42. The number of halogens is 1. The number of hydrogen-bond acceptors (Lipinski definition) is 2. The Labute approximate surface area is 132 Å². The van der Waals surface area contributed by atoms with Gasteiger partial charge in [0.2, 0.25) is 0 Å². The zero-order valence-electron chi connectivity index (χ0n) is 11.8. The van der Waals surface area contributed by atoms with Gasteiger partial charge in [0.1, 0.15) is 0 Å². The van der Waals surface area contributed by atoms with Gasteiger partial charge in [0, 0.05) is 47.1 Å². The summed E-state index contributed by atoms with van der Waals surface area (Å²) < 4.78 is 3.03. The van der Waals surface area contributed by atoms with Crippen molar-refractivity contribution in [2.24, 2.45) is 5.92 Å². The van der Waals surface area contributed by atoms with Crippen LogP contribution in [0.4, 0.5) is 0 Å². The van der Waals surface area contributed by atoms with Crippen molar-refractivity contribution in [3.63, 3.8) is 0 Å². The standard InChI is InChI=1S/C16H18BrN3O/c17-13-7-15-6-12(2-4-20(15)9-13)16(21)18-14-5-11-1-3-19(8-11)10-14/h2,4,6-7,9,11,14H,1,3,5,8,10H2,(H,18,21)/t11-,14-/m1/s1. The smallest absolute Gasteiger partial charge is 0.251 e. The van der Waals surface area contributed by atoms with Crippen LogP contribution in [-0.2, 0) is 0 Å². The summed E-state index contributed by atoms with van der Waals surface area (Å²) in [5.74, 6) is 0.815. The van der Waals surface area contributed by atoms with E-state index in [1.54, 1.807) is 0 Å². The van der Waals surface area contributed by atoms with E-state index in [-0.39, 0.29) is 5.91 Å². The van der Waals surface area contributed by atoms with E-state index in [2.05, 4.69) is 26.1 Å². The number of nitrogens with zero attached hydrogens (tertiary/aromatic N) is 2. The highest BCUT2D eigenvalue weighted by molar-refractivity contribution is 9.10. The monoisotopic (exact) mass is 347 g/mol. The summed E-state index contributed by atoms with van der Waals surface area (Å²) in [7, 11) is 0. The first-order chi connectivity index (χ1) is 10.2. The van der Waals surface area contributed by atoms with E-state index in [4.69, 9.17) is 0 Å². The van der Waals surface area contributed by atoms with Gasteiger partial charge in [-0.2, -0.15) is 0 Å². The molecule has 2 aromatic rings. The van der Waals surface area contributed by atoms with Crippen molar-refractivity contribution in [3.05, 3.63) is 40.6 Å². The molecule has 0 radical (unpaired) electrons. The Morgan fingerprint density at radius 3 is 3.10 bits per heavy atom. The molecule has 2 aliphatic rings. The maximum absolute atomic E-state index is 12.4. The molecular formula is C16H18BrN3O. The van der Waals surface area contributed by atoms with E-state index in [0.717, 1.165) is 34.4 Å². The average Bonchev–Trinajstić information content (AvgIpc) is 2.99. The SMILES string of the molecule is O=C(N[C@@H]1C[C@H]2CCN(C2)C1)c1ccn2cc(Br)cc2c1. The third-order valence-electron chi connectivity index (χ3n) is 4.63. The second kappa shape index (κ2) is 5.14. The summed E-state index contributed by atoms with van der Waals surface area (Å²) in [6, 6.07) is 6.14. The predicted molar refractivity (Wildman–Crippen MR) is 85.5 cm³/mol. The number of aromatic nitrogens is 1. The molecule has 1 amide bonds. The second-order valence-electron chi connectivity index (χ2n) is 6.23. The highest BCUT2D eigenvalue weighted by Crippen LogP contribution is 2.27. The highest BCUT2D eigenvalue weighted by atomic mass is 79.9. The predicted octanol–water partition coefficient (Wildman–Crippen LogP) is 2.53. The molecule has 4 heterocycles. The Balaban J connectivity index is 1.50. The van der Waals surface area contributed by atoms with Crippen LogP contribution in [0.15, 0.2) is 35.1 Å². The first-order valence-corrected chi connectivity index (χ1v) is 8.27. The molecule has 2 saturated heterocycles. The van der Waals surface area contributed by atoms with Crippen LogP contribution in [0.1, 0.15) is 23.2 Å². The van der Waals surface area contributed by atoms with E-state index < -0.39 is 0 Å². The molecule has 0 saturated carbocycles. The maximum Gasteiger partial charge on any atom is 0.251 e. The number of fused-ring (bicyclic) bond motifs is 3. The van der Waals surface area contributed by atoms with Crippen LogP contribution >= 0.6 is 15.9 Å². The number of amides is 1. The number of carbonyl (C=O) groups is 1. The van der Waals surface area contributed by atoms with E-state index >= 15 is 0 Å². The lowest BCUT2D eigenvalue weighted by atomic mass is 9.96. The molecule has 0 aliphatic carbocycles. The fourth-order valence-electron chi connectivity index (χ4n) is 3.65. The van der Waals surface area contributed by atoms with Crippen molar-refractivity contribution in [2.75, 3.05) is 19.6 Å². The number of nitrogens with one attached hydrogen (secondary N) is 1. The van der Waals surface area contributed by atoms with E-state index in [0.29, 0.717) is 6.04 Å². The van der Waals surface area contributed by atoms with E-state index in [9.17, 15) is 4.79 Å². The van der Waals surface area contributed by atoms with Gasteiger partial charge in [-0.05, 0) is 59.4 Å². The van der Waals surface area contributed by atoms with Crippen LogP contribution in [0.5, 0.6) is 0 Å². The molecule has 4 rings (SSSR count). The lowest BCUT2D eigenvalue weighted by Gasteiger charge is -2.30. The van der Waals surface area contributed by atoms with Crippen molar-refractivity contribution in [3.8, 4) is 0 Å². The molecule has 0 aromatic carbocycles. The van der Waals surface area contributed by atoms with Gasteiger partial charge < -0.3 is 14.6 Å².